The number of non-ortho nitro benzene ring substituents is 1. The molecule has 0 atom stereocenters. The topological polar surface area (TPSA) is 128 Å². The summed E-state index contributed by atoms with van der Waals surface area (Å²) in [5, 5.41) is 21.3. The fraction of sp³-hybridized carbons (Fsp3) is 0.562. The van der Waals surface area contributed by atoms with E-state index in [0.29, 0.717) is 10.9 Å². The first kappa shape index (κ1) is 22.6. The maximum Gasteiger partial charge on any atom is 0.409 e. The highest BCUT2D eigenvalue weighted by molar-refractivity contribution is 7.97. The van der Waals surface area contributed by atoms with Crippen LogP contribution in [0.4, 0.5) is 16.2 Å². The van der Waals surface area contributed by atoms with Crippen molar-refractivity contribution in [1.29, 1.82) is 0 Å². The summed E-state index contributed by atoms with van der Waals surface area (Å²) in [6.07, 6.45) is 1.83. The third kappa shape index (κ3) is 8.69. The smallest absolute Gasteiger partial charge is 0.409 e. The molecule has 1 amide bonds. The normalized spacial score (nSPS) is 13.2. The Morgan fingerprint density at radius 2 is 1.81 bits per heavy atom. The van der Waals surface area contributed by atoms with Gasteiger partial charge in [0, 0.05) is 26.2 Å². The fourth-order valence-corrected chi connectivity index (χ4v) is 2.45. The van der Waals surface area contributed by atoms with Gasteiger partial charge in [-0.3, -0.25) is 25.0 Å². The van der Waals surface area contributed by atoms with Gasteiger partial charge in [0.05, 0.1) is 15.9 Å². The molecule has 0 saturated heterocycles. The molecular formula is C16H24N4O6S. The number of rotatable bonds is 5. The van der Waals surface area contributed by atoms with Crippen molar-refractivity contribution in [2.75, 3.05) is 14.1 Å². The first-order chi connectivity index (χ1) is 12.4. The Morgan fingerprint density at radius 3 is 2.19 bits per heavy atom. The van der Waals surface area contributed by atoms with Crippen molar-refractivity contribution in [3.63, 3.8) is 0 Å². The van der Waals surface area contributed by atoms with E-state index in [-0.39, 0.29) is 23.1 Å². The van der Waals surface area contributed by atoms with Crippen LogP contribution in [-0.4, -0.2) is 46.6 Å². The third-order valence-corrected chi connectivity index (χ3v) is 4.04. The van der Waals surface area contributed by atoms with E-state index in [1.807, 2.05) is 20.8 Å². The van der Waals surface area contributed by atoms with E-state index in [9.17, 15) is 25.0 Å². The second-order valence-corrected chi connectivity index (χ2v) is 7.91. The summed E-state index contributed by atoms with van der Waals surface area (Å²) in [7, 11) is 3.32. The van der Waals surface area contributed by atoms with Gasteiger partial charge in [-0.2, -0.15) is 0 Å². The molecule has 2 rings (SSSR count). The summed E-state index contributed by atoms with van der Waals surface area (Å²) in [6, 6.07) is 4.05. The van der Waals surface area contributed by atoms with E-state index >= 15 is 0 Å². The molecular weight excluding hydrogens is 376 g/mol. The number of benzene rings is 1. The van der Waals surface area contributed by atoms with Gasteiger partial charge < -0.3 is 9.64 Å². The lowest BCUT2D eigenvalue weighted by Crippen LogP contribution is -2.31. The summed E-state index contributed by atoms with van der Waals surface area (Å²) in [4.78, 5) is 32.7. The molecule has 27 heavy (non-hydrogen) atoms. The van der Waals surface area contributed by atoms with Gasteiger partial charge in [-0.05, 0) is 51.6 Å². The van der Waals surface area contributed by atoms with Gasteiger partial charge in [0.1, 0.15) is 10.5 Å². The minimum Gasteiger partial charge on any atom is -0.444 e. The quantitative estimate of drug-likeness (QED) is 0.450. The second-order valence-electron chi connectivity index (χ2n) is 7.04. The van der Waals surface area contributed by atoms with Crippen LogP contribution in [0.1, 0.15) is 33.6 Å². The number of ether oxygens (including phenoxy) is 1. The highest BCUT2D eigenvalue weighted by atomic mass is 32.2. The number of carbonyl (C=O) groups excluding carboxylic acids is 1. The number of carbonyl (C=O) groups is 1. The number of nitro groups is 2. The molecule has 150 valence electrons. The van der Waals surface area contributed by atoms with Crippen LogP contribution in [0.5, 0.6) is 0 Å². The molecule has 11 heteroatoms. The number of nitrogens with one attached hydrogen (secondary N) is 1. The van der Waals surface area contributed by atoms with Gasteiger partial charge in [0.15, 0.2) is 0 Å². The van der Waals surface area contributed by atoms with Crippen molar-refractivity contribution in [3.05, 3.63) is 38.4 Å². The van der Waals surface area contributed by atoms with Crippen LogP contribution < -0.4 is 4.72 Å². The van der Waals surface area contributed by atoms with Gasteiger partial charge in [-0.25, -0.2) is 4.79 Å². The summed E-state index contributed by atoms with van der Waals surface area (Å²) < 4.78 is 8.05. The Hall–Kier alpha value is -2.40. The number of hydrogen-bond donors (Lipinski definition) is 1. The molecule has 0 spiro atoms. The molecule has 0 radical (unpaired) electrons. The highest BCUT2D eigenvalue weighted by Crippen LogP contribution is 2.33. The first-order valence-electron chi connectivity index (χ1n) is 8.16. The van der Waals surface area contributed by atoms with Crippen LogP contribution in [0.2, 0.25) is 0 Å². The summed E-state index contributed by atoms with van der Waals surface area (Å²) in [6.45, 7) is 5.52. The summed E-state index contributed by atoms with van der Waals surface area (Å²) in [5.74, 6) is 0. The fourth-order valence-electron chi connectivity index (χ4n) is 1.55. The zero-order valence-electron chi connectivity index (χ0n) is 15.9. The van der Waals surface area contributed by atoms with Gasteiger partial charge in [0.2, 0.25) is 0 Å². The van der Waals surface area contributed by atoms with E-state index < -0.39 is 9.85 Å². The Labute approximate surface area is 161 Å². The van der Waals surface area contributed by atoms with Crippen LogP contribution in [0, 0.1) is 20.2 Å². The van der Waals surface area contributed by atoms with Crippen molar-refractivity contribution in [2.24, 2.45) is 0 Å². The van der Waals surface area contributed by atoms with Crippen molar-refractivity contribution in [2.45, 2.75) is 50.2 Å². The molecule has 0 heterocycles. The lowest BCUT2D eigenvalue weighted by atomic mass is 10.2. The summed E-state index contributed by atoms with van der Waals surface area (Å²) in [5.41, 5.74) is -0.897. The van der Waals surface area contributed by atoms with Crippen LogP contribution in [-0.2, 0) is 4.74 Å². The second kappa shape index (κ2) is 9.51. The average molecular weight is 400 g/mol. The predicted octanol–water partition coefficient (Wildman–Crippen LogP) is 3.75. The zero-order valence-corrected chi connectivity index (χ0v) is 16.7. The molecule has 1 aromatic carbocycles. The molecule has 1 aromatic rings. The Kier molecular flexibility index (Phi) is 7.98. The monoisotopic (exact) mass is 400 g/mol. The van der Waals surface area contributed by atoms with Gasteiger partial charge >= 0.3 is 6.09 Å². The number of amides is 1. The van der Waals surface area contributed by atoms with E-state index in [1.54, 1.807) is 14.1 Å². The van der Waals surface area contributed by atoms with Gasteiger partial charge in [0.25, 0.3) is 11.4 Å². The Balaban J connectivity index is 0.000000314. The Bertz CT molecular complexity index is 701. The average Bonchev–Trinajstić information content (AvgIpc) is 3.35. The Morgan fingerprint density at radius 1 is 1.22 bits per heavy atom. The molecule has 0 unspecified atom stereocenters. The number of hydrogen-bond acceptors (Lipinski definition) is 8. The molecule has 1 saturated carbocycles. The molecule has 0 aromatic heterocycles. The van der Waals surface area contributed by atoms with Crippen LogP contribution in [0.15, 0.2) is 23.1 Å². The van der Waals surface area contributed by atoms with Crippen LogP contribution >= 0.6 is 11.9 Å². The van der Waals surface area contributed by atoms with Crippen molar-refractivity contribution < 1.29 is 19.4 Å². The third-order valence-electron chi connectivity index (χ3n) is 3.02. The predicted molar refractivity (Wildman–Crippen MR) is 102 cm³/mol. The number of nitrogens with zero attached hydrogens (tertiary/aromatic N) is 3. The molecule has 1 aliphatic rings. The van der Waals surface area contributed by atoms with Crippen molar-refractivity contribution in [1.82, 2.24) is 9.62 Å². The number of nitro benzene ring substituents is 2. The SMILES string of the molecule is CN(C)C(=O)OC(C)(C)C.O=[N+]([O-])c1ccc(SNC2CC2)c([N+](=O)[O-])c1. The largest absolute Gasteiger partial charge is 0.444 e. The van der Waals surface area contributed by atoms with E-state index in [0.717, 1.165) is 30.9 Å². The molecule has 1 fully saturated rings. The zero-order chi connectivity index (χ0) is 20.8. The van der Waals surface area contributed by atoms with Gasteiger partial charge in [-0.15, -0.1) is 0 Å². The maximum atomic E-state index is 10.9. The highest BCUT2D eigenvalue weighted by Gasteiger charge is 2.24. The summed E-state index contributed by atoms with van der Waals surface area (Å²) >= 11 is 1.15. The van der Waals surface area contributed by atoms with Crippen LogP contribution in [0.25, 0.3) is 0 Å². The van der Waals surface area contributed by atoms with E-state index in [4.69, 9.17) is 4.74 Å². The van der Waals surface area contributed by atoms with Crippen LogP contribution in [0.3, 0.4) is 0 Å². The standard InChI is InChI=1S/C9H9N3O4S.C7H15NO2/c13-11(14)7-3-4-9(8(5-7)12(15)16)17-10-6-1-2-6;1-7(2,3)10-6(9)8(4)5/h3-6,10H,1-2H2;1-5H3. The molecule has 0 bridgehead atoms. The van der Waals surface area contributed by atoms with Crippen molar-refractivity contribution in [3.8, 4) is 0 Å². The minimum atomic E-state index is -0.643. The minimum absolute atomic E-state index is 0.239. The lowest BCUT2D eigenvalue weighted by Gasteiger charge is -2.22. The van der Waals surface area contributed by atoms with Crippen molar-refractivity contribution >= 4 is 29.4 Å². The molecule has 1 aliphatic carbocycles. The molecule has 1 N–H and O–H groups in total. The first-order valence-corrected chi connectivity index (χ1v) is 8.98. The lowest BCUT2D eigenvalue weighted by molar-refractivity contribution is -0.396. The maximum absolute atomic E-state index is 10.9. The molecule has 0 aliphatic heterocycles. The molecule has 10 nitrogen and oxygen atoms in total. The van der Waals surface area contributed by atoms with Gasteiger partial charge in [-0.1, -0.05) is 0 Å². The van der Waals surface area contributed by atoms with E-state index in [2.05, 4.69) is 4.72 Å². The van der Waals surface area contributed by atoms with E-state index in [1.165, 1.54) is 17.0 Å².